The predicted octanol–water partition coefficient (Wildman–Crippen LogP) is 1.65. The van der Waals surface area contributed by atoms with Gasteiger partial charge in [0.2, 0.25) is 5.91 Å². The minimum absolute atomic E-state index is 0.355. The summed E-state index contributed by atoms with van der Waals surface area (Å²) in [4.78, 5) is 15.0. The van der Waals surface area contributed by atoms with Crippen LogP contribution in [0, 0.1) is 6.92 Å². The third-order valence-corrected chi connectivity index (χ3v) is 2.66. The quantitative estimate of drug-likeness (QED) is 0.871. The number of ether oxygens (including phenoxy) is 1. The Morgan fingerprint density at radius 2 is 1.89 bits per heavy atom. The summed E-state index contributed by atoms with van der Waals surface area (Å²) < 4.78 is 5.57. The Morgan fingerprint density at radius 3 is 2.47 bits per heavy atom. The zero-order valence-corrected chi connectivity index (χ0v) is 10.6. The number of hydrogen-bond acceptors (Lipinski definition) is 4. The van der Waals surface area contributed by atoms with Gasteiger partial charge in [-0.05, 0) is 36.8 Å². The van der Waals surface area contributed by atoms with E-state index in [0.717, 1.165) is 11.3 Å². The van der Waals surface area contributed by atoms with Crippen LogP contribution in [-0.4, -0.2) is 10.9 Å². The van der Waals surface area contributed by atoms with Crippen molar-refractivity contribution in [2.24, 2.45) is 5.73 Å². The Bertz CT molecular complexity index is 594. The number of rotatable bonds is 4. The zero-order valence-electron chi connectivity index (χ0n) is 10.6. The molecule has 0 fully saturated rings. The first-order valence-electron chi connectivity index (χ1n) is 5.81. The highest BCUT2D eigenvalue weighted by atomic mass is 16.5. The largest absolute Gasteiger partial charge is 0.485 e. The van der Waals surface area contributed by atoms with E-state index < -0.39 is 5.91 Å². The van der Waals surface area contributed by atoms with Gasteiger partial charge in [-0.3, -0.25) is 4.79 Å². The van der Waals surface area contributed by atoms with E-state index in [1.54, 1.807) is 30.3 Å². The van der Waals surface area contributed by atoms with Crippen molar-refractivity contribution in [3.05, 3.63) is 53.2 Å². The molecule has 0 aliphatic carbocycles. The molecule has 0 saturated heterocycles. The number of carbonyl (C=O) groups excluding carboxylic acids is 1. The van der Waals surface area contributed by atoms with Crippen molar-refractivity contribution in [3.63, 3.8) is 0 Å². The molecule has 1 aromatic carbocycles. The maximum Gasteiger partial charge on any atom is 0.248 e. The van der Waals surface area contributed by atoms with Crippen LogP contribution in [0.3, 0.4) is 0 Å². The number of benzene rings is 1. The average molecular weight is 257 g/mol. The molecular formula is C14H15N3O2. The van der Waals surface area contributed by atoms with Crippen molar-refractivity contribution in [2.75, 3.05) is 5.73 Å². The fraction of sp³-hybridized carbons (Fsp3) is 0.143. The Morgan fingerprint density at radius 1 is 1.21 bits per heavy atom. The number of pyridine rings is 1. The Hall–Kier alpha value is -2.56. The smallest absolute Gasteiger partial charge is 0.248 e. The standard InChI is InChI=1S/C14H15N3O2/c1-9-2-7-12(13(15)17-9)19-8-10-3-5-11(6-4-10)14(16)18/h2-7H,8H2,1H3,(H2,15,17)(H2,16,18). The van der Waals surface area contributed by atoms with E-state index in [1.165, 1.54) is 0 Å². The van der Waals surface area contributed by atoms with Crippen LogP contribution >= 0.6 is 0 Å². The third-order valence-electron chi connectivity index (χ3n) is 2.66. The number of aromatic nitrogens is 1. The molecule has 0 bridgehead atoms. The molecule has 0 unspecified atom stereocenters. The predicted molar refractivity (Wildman–Crippen MR) is 72.7 cm³/mol. The minimum Gasteiger partial charge on any atom is -0.485 e. The first kappa shape index (κ1) is 12.9. The molecule has 1 heterocycles. The molecule has 98 valence electrons. The molecule has 0 spiro atoms. The number of amides is 1. The summed E-state index contributed by atoms with van der Waals surface area (Å²) in [7, 11) is 0. The maximum atomic E-state index is 10.9. The minimum atomic E-state index is -0.445. The molecule has 2 aromatic rings. The van der Waals surface area contributed by atoms with E-state index in [2.05, 4.69) is 4.98 Å². The van der Waals surface area contributed by atoms with Crippen molar-refractivity contribution >= 4 is 11.7 Å². The van der Waals surface area contributed by atoms with Crippen LogP contribution in [0.2, 0.25) is 0 Å². The molecule has 4 N–H and O–H groups in total. The second-order valence-corrected chi connectivity index (χ2v) is 4.19. The molecule has 0 saturated carbocycles. The summed E-state index contributed by atoms with van der Waals surface area (Å²) in [5, 5.41) is 0. The van der Waals surface area contributed by atoms with Gasteiger partial charge in [0.25, 0.3) is 0 Å². The normalized spacial score (nSPS) is 10.2. The molecule has 2 rings (SSSR count). The van der Waals surface area contributed by atoms with Crippen molar-refractivity contribution in [3.8, 4) is 5.75 Å². The van der Waals surface area contributed by atoms with E-state index >= 15 is 0 Å². The maximum absolute atomic E-state index is 10.9. The van der Waals surface area contributed by atoms with E-state index in [9.17, 15) is 4.79 Å². The lowest BCUT2D eigenvalue weighted by Gasteiger charge is -2.09. The van der Waals surface area contributed by atoms with Crippen molar-refractivity contribution in [1.29, 1.82) is 0 Å². The fourth-order valence-electron chi connectivity index (χ4n) is 1.61. The number of nitrogen functional groups attached to an aromatic ring is 1. The lowest BCUT2D eigenvalue weighted by molar-refractivity contribution is 0.1000. The van der Waals surface area contributed by atoms with Gasteiger partial charge >= 0.3 is 0 Å². The van der Waals surface area contributed by atoms with E-state index in [-0.39, 0.29) is 0 Å². The number of carbonyl (C=O) groups is 1. The van der Waals surface area contributed by atoms with Crippen LogP contribution in [0.4, 0.5) is 5.82 Å². The summed E-state index contributed by atoms with van der Waals surface area (Å²) in [6, 6.07) is 10.5. The fourth-order valence-corrected chi connectivity index (χ4v) is 1.61. The van der Waals surface area contributed by atoms with Gasteiger partial charge in [-0.15, -0.1) is 0 Å². The highest BCUT2D eigenvalue weighted by Crippen LogP contribution is 2.20. The Labute approximate surface area is 111 Å². The van der Waals surface area contributed by atoms with Crippen molar-refractivity contribution in [2.45, 2.75) is 13.5 Å². The number of anilines is 1. The third kappa shape index (κ3) is 3.22. The van der Waals surface area contributed by atoms with Crippen LogP contribution in [0.1, 0.15) is 21.6 Å². The second-order valence-electron chi connectivity index (χ2n) is 4.19. The van der Waals surface area contributed by atoms with Gasteiger partial charge in [-0.1, -0.05) is 12.1 Å². The SMILES string of the molecule is Cc1ccc(OCc2ccc(C(N)=O)cc2)c(N)n1. The lowest BCUT2D eigenvalue weighted by atomic mass is 10.1. The van der Waals surface area contributed by atoms with Crippen molar-refractivity contribution in [1.82, 2.24) is 4.98 Å². The molecule has 19 heavy (non-hydrogen) atoms. The Kier molecular flexibility index (Phi) is 3.66. The van der Waals surface area contributed by atoms with Gasteiger partial charge in [-0.2, -0.15) is 0 Å². The summed E-state index contributed by atoms with van der Waals surface area (Å²) in [5.74, 6) is 0.470. The first-order chi connectivity index (χ1) is 9.06. The highest BCUT2D eigenvalue weighted by Gasteiger charge is 2.03. The van der Waals surface area contributed by atoms with E-state index in [1.807, 2.05) is 13.0 Å². The summed E-state index contributed by atoms with van der Waals surface area (Å²) >= 11 is 0. The molecule has 0 aliphatic heterocycles. The number of nitrogens with two attached hydrogens (primary N) is 2. The van der Waals surface area contributed by atoms with E-state index in [4.69, 9.17) is 16.2 Å². The molecule has 0 atom stereocenters. The topological polar surface area (TPSA) is 91.2 Å². The van der Waals surface area contributed by atoms with Crippen LogP contribution in [0.25, 0.3) is 0 Å². The summed E-state index contributed by atoms with van der Waals surface area (Å²) in [6.07, 6.45) is 0. The van der Waals surface area contributed by atoms with Gasteiger partial charge in [0, 0.05) is 11.3 Å². The van der Waals surface area contributed by atoms with Gasteiger partial charge in [0.05, 0.1) is 0 Å². The number of nitrogens with zero attached hydrogens (tertiary/aromatic N) is 1. The van der Waals surface area contributed by atoms with Gasteiger partial charge in [-0.25, -0.2) is 4.98 Å². The van der Waals surface area contributed by atoms with Gasteiger partial charge in [0.15, 0.2) is 11.6 Å². The second kappa shape index (κ2) is 5.39. The highest BCUT2D eigenvalue weighted by molar-refractivity contribution is 5.92. The zero-order chi connectivity index (χ0) is 13.8. The van der Waals surface area contributed by atoms with E-state index in [0.29, 0.717) is 23.7 Å². The summed E-state index contributed by atoms with van der Waals surface area (Å²) in [5.41, 5.74) is 13.2. The first-order valence-corrected chi connectivity index (χ1v) is 5.81. The van der Waals surface area contributed by atoms with Gasteiger partial charge < -0.3 is 16.2 Å². The molecule has 0 aliphatic rings. The molecule has 0 radical (unpaired) electrons. The van der Waals surface area contributed by atoms with Crippen LogP contribution < -0.4 is 16.2 Å². The molecule has 5 nitrogen and oxygen atoms in total. The number of aryl methyl sites for hydroxylation is 1. The van der Waals surface area contributed by atoms with Crippen LogP contribution in [-0.2, 0) is 6.61 Å². The lowest BCUT2D eigenvalue weighted by Crippen LogP contribution is -2.10. The average Bonchev–Trinajstić information content (AvgIpc) is 2.38. The monoisotopic (exact) mass is 257 g/mol. The molecular weight excluding hydrogens is 242 g/mol. The molecule has 1 aromatic heterocycles. The number of hydrogen-bond donors (Lipinski definition) is 2. The van der Waals surface area contributed by atoms with Crippen LogP contribution in [0.15, 0.2) is 36.4 Å². The van der Waals surface area contributed by atoms with Gasteiger partial charge in [0.1, 0.15) is 6.61 Å². The molecule has 1 amide bonds. The number of primary amides is 1. The summed E-state index contributed by atoms with van der Waals surface area (Å²) in [6.45, 7) is 2.22. The Balaban J connectivity index is 2.04. The molecule has 5 heteroatoms. The van der Waals surface area contributed by atoms with Crippen molar-refractivity contribution < 1.29 is 9.53 Å². The van der Waals surface area contributed by atoms with Crippen LogP contribution in [0.5, 0.6) is 5.75 Å².